The predicted octanol–water partition coefficient (Wildman–Crippen LogP) is 13.9. The van der Waals surface area contributed by atoms with E-state index in [2.05, 4.69) is 9.55 Å². The fourth-order valence-electron chi connectivity index (χ4n) is 10.3. The van der Waals surface area contributed by atoms with Crippen molar-refractivity contribution in [3.05, 3.63) is 278 Å². The van der Waals surface area contributed by atoms with Crippen LogP contribution in [0.5, 0.6) is 0 Å². The molecule has 0 aliphatic carbocycles. The lowest BCUT2D eigenvalue weighted by molar-refractivity contribution is 0.950. The molecule has 0 spiro atoms. The van der Waals surface area contributed by atoms with Gasteiger partial charge in [-0.05, 0) is 63.2 Å². The number of fused-ring (bicyclic) bond motifs is 9. The third kappa shape index (κ3) is 6.62. The summed E-state index contributed by atoms with van der Waals surface area (Å²) in [6.07, 6.45) is 0. The Hall–Kier alpha value is -9.95. The SMILES string of the molecule is [2H]c1c([2H])c([2H])c(-c2nc(-c3c([2H])c([2H])c([Si](c4c([2H])c([2H])c([2H])c([2H])c4[2H])(c4c([2H])c([2H])c([2H])c([2H])c4[2H])c4c([2H])c([2H])c([2H])c([2H])c4[2H])c([2H])c3[2H])nc(-n3c4c([2H])c([2H])c([2H])c([2H])c4c4c([2H])c([2H])c([2H])c(-n5c6ccccc6c6c(-n7c8ccccc8c8ccccc87)cccc65)c43)n2)c([2H])c1[2H]. The highest BCUT2D eigenvalue weighted by Crippen LogP contribution is 2.43. The molecule has 0 bridgehead atoms. The fraction of sp³-hybridized carbons (Fsp3) is 0. The zero-order valence-electron chi connectivity index (χ0n) is 69.8. The van der Waals surface area contributed by atoms with Crippen molar-refractivity contribution in [1.29, 1.82) is 0 Å². The highest BCUT2D eigenvalue weighted by molar-refractivity contribution is 7.19. The number of benzene rings is 11. The van der Waals surface area contributed by atoms with E-state index in [1.54, 1.807) is 34.9 Å². The summed E-state index contributed by atoms with van der Waals surface area (Å²) in [5, 5.41) is -2.73. The first kappa shape index (κ1) is 22.7. The minimum absolute atomic E-state index is 0.311. The van der Waals surface area contributed by atoms with Crippen molar-refractivity contribution in [2.45, 2.75) is 0 Å². The van der Waals surface area contributed by atoms with E-state index in [0.717, 1.165) is 26.4 Å². The van der Waals surface area contributed by atoms with Gasteiger partial charge in [0.1, 0.15) is 0 Å². The van der Waals surface area contributed by atoms with Crippen LogP contribution in [0, 0.1) is 0 Å². The van der Waals surface area contributed by atoms with Crippen molar-refractivity contribution in [3.63, 3.8) is 0 Å². The van der Waals surface area contributed by atoms with Gasteiger partial charge in [-0.1, -0.05) is 236 Å². The van der Waals surface area contributed by atoms with E-state index in [1.165, 1.54) is 0 Å². The Kier molecular flexibility index (Phi) is 5.25. The van der Waals surface area contributed by atoms with E-state index >= 15 is 0 Å². The van der Waals surface area contributed by atoms with Crippen LogP contribution < -0.4 is 20.7 Å². The summed E-state index contributed by atoms with van der Waals surface area (Å²) in [7, 11) is -6.47. The number of hydrogen-bond acceptors (Lipinski definition) is 3. The van der Waals surface area contributed by atoms with E-state index < -0.39 is 267 Å². The Morgan fingerprint density at radius 2 is 0.763 bits per heavy atom. The number of para-hydroxylation sites is 5. The van der Waals surface area contributed by atoms with Crippen molar-refractivity contribution < 1.29 is 42.5 Å². The van der Waals surface area contributed by atoms with Gasteiger partial charge >= 0.3 is 0 Å². The fourth-order valence-corrected chi connectivity index (χ4v) is 13.8. The monoisotopic (exact) mass is 1020 g/mol. The van der Waals surface area contributed by atoms with Crippen LogP contribution in [0.3, 0.4) is 0 Å². The van der Waals surface area contributed by atoms with Gasteiger partial charge in [0, 0.05) is 43.4 Å². The molecule has 11 aromatic carbocycles. The zero-order chi connectivity index (χ0) is 77.1. The van der Waals surface area contributed by atoms with Crippen molar-refractivity contribution in [2.24, 2.45) is 0 Å². The van der Waals surface area contributed by atoms with Gasteiger partial charge in [0.25, 0.3) is 0 Å². The molecule has 4 heterocycles. The van der Waals surface area contributed by atoms with E-state index in [-0.39, 0.29) is 5.69 Å². The molecule has 0 saturated carbocycles. The number of rotatable bonds is 9. The molecule has 76 heavy (non-hydrogen) atoms. The maximum atomic E-state index is 10.3. The third-order valence-corrected chi connectivity index (χ3v) is 17.3. The summed E-state index contributed by atoms with van der Waals surface area (Å²) in [5.74, 6) is -2.95. The summed E-state index contributed by atoms with van der Waals surface area (Å²) in [6.45, 7) is 0. The predicted molar refractivity (Wildman–Crippen MR) is 317 cm³/mol. The van der Waals surface area contributed by atoms with Crippen LogP contribution in [-0.4, -0.2) is 36.7 Å². The van der Waals surface area contributed by atoms with Gasteiger partial charge < -0.3 is 9.13 Å². The first-order chi connectivity index (χ1) is 50.6. The molecule has 0 unspecified atom stereocenters. The van der Waals surface area contributed by atoms with Gasteiger partial charge in [0.15, 0.2) is 19.7 Å². The first-order valence-corrected chi connectivity index (χ1v) is 25.3. The molecule has 0 atom stereocenters. The van der Waals surface area contributed by atoms with Crippen molar-refractivity contribution in [3.8, 4) is 40.1 Å². The normalized spacial score (nSPS) is 17.7. The summed E-state index contributed by atoms with van der Waals surface area (Å²) in [6, 6.07) is -6.81. The minimum atomic E-state index is -6.47. The molecule has 15 rings (SSSR count). The first-order valence-electron chi connectivity index (χ1n) is 38.8. The van der Waals surface area contributed by atoms with Crippen LogP contribution in [-0.2, 0) is 0 Å². The highest BCUT2D eigenvalue weighted by Gasteiger charge is 2.41. The quantitative estimate of drug-likeness (QED) is 0.107. The number of hydrogen-bond donors (Lipinski definition) is 0. The molecule has 0 aliphatic rings. The second-order valence-electron chi connectivity index (χ2n) is 17.2. The molecular formula is C69H46N6Si. The van der Waals surface area contributed by atoms with E-state index in [1.807, 2.05) is 60.7 Å². The third-order valence-electron chi connectivity index (χ3n) is 13.3. The highest BCUT2D eigenvalue weighted by atomic mass is 28.3. The Morgan fingerprint density at radius 3 is 1.37 bits per heavy atom. The standard InChI is InChI=1S/C69H46N6Si/c1-5-23-47(24-6-1)67-70-68(48-43-45-52(46-44-48)76(49-25-7-2-8-26-49,50-27-9-3-10-28-50)51-29-11-4-12-30-51)72-69(71-67)75-60-38-19-15-33-55(60)56-35-21-42-64(66(56)75)74-61-39-20-16-34-57(61)65-62(40-22-41-63(65)74)73-58-36-17-13-31-53(58)54-32-14-18-37-59(54)73/h1-46H/i1D,2D,3D,4D,5D,6D,7D,8D,9D,10D,11D,12D,15D,19D,21D,23D,24D,25D,26D,27D,28D,29D,30D,33D,35D,38D,42D,43D,44D,45D,46D. The second-order valence-corrected chi connectivity index (χ2v) is 20.7. The van der Waals surface area contributed by atoms with Crippen molar-refractivity contribution >= 4 is 94.2 Å². The summed E-state index contributed by atoms with van der Waals surface area (Å²) >= 11 is 0. The molecule has 15 aromatic rings. The largest absolute Gasteiger partial charge is 0.309 e. The lowest BCUT2D eigenvalue weighted by Gasteiger charge is -2.34. The maximum absolute atomic E-state index is 10.3. The molecule has 0 fully saturated rings. The van der Waals surface area contributed by atoms with Crippen LogP contribution in [0.4, 0.5) is 0 Å². The van der Waals surface area contributed by atoms with Gasteiger partial charge in [-0.3, -0.25) is 4.57 Å². The van der Waals surface area contributed by atoms with Crippen LogP contribution in [0.25, 0.3) is 106 Å². The average molecular weight is 1020 g/mol. The molecule has 0 radical (unpaired) electrons. The van der Waals surface area contributed by atoms with Gasteiger partial charge in [-0.2, -0.15) is 9.97 Å². The molecule has 0 N–H and O–H groups in total. The lowest BCUT2D eigenvalue weighted by atomic mass is 10.1. The smallest absolute Gasteiger partial charge is 0.238 e. The van der Waals surface area contributed by atoms with E-state index in [0.29, 0.717) is 27.5 Å². The van der Waals surface area contributed by atoms with Crippen LogP contribution >= 0.6 is 0 Å². The minimum Gasteiger partial charge on any atom is -0.309 e. The topological polar surface area (TPSA) is 53.5 Å². The molecule has 4 aromatic heterocycles. The molecule has 6 nitrogen and oxygen atoms in total. The lowest BCUT2D eigenvalue weighted by Crippen LogP contribution is -2.74. The molecule has 0 aliphatic heterocycles. The zero-order valence-corrected chi connectivity index (χ0v) is 39.8. The van der Waals surface area contributed by atoms with Crippen LogP contribution in [0.15, 0.2) is 278 Å². The van der Waals surface area contributed by atoms with Gasteiger partial charge in [0.05, 0.1) is 87.0 Å². The van der Waals surface area contributed by atoms with E-state index in [9.17, 15) is 24.7 Å². The van der Waals surface area contributed by atoms with Crippen molar-refractivity contribution in [1.82, 2.24) is 28.7 Å². The van der Waals surface area contributed by atoms with Crippen LogP contribution in [0.1, 0.15) is 42.5 Å². The van der Waals surface area contributed by atoms with Gasteiger partial charge in [-0.15, -0.1) is 0 Å². The molecule has 356 valence electrons. The summed E-state index contributed by atoms with van der Waals surface area (Å²) in [5.41, 5.74) is -0.358. The number of nitrogens with zero attached hydrogens (tertiary/aromatic N) is 6. The Morgan fingerprint density at radius 1 is 0.303 bits per heavy atom. The molecule has 0 saturated heterocycles. The van der Waals surface area contributed by atoms with Gasteiger partial charge in [-0.25, -0.2) is 4.98 Å². The number of aromatic nitrogens is 6. The summed E-state index contributed by atoms with van der Waals surface area (Å²) in [4.78, 5) is 14.0. The van der Waals surface area contributed by atoms with Crippen molar-refractivity contribution in [2.75, 3.05) is 0 Å². The Balaban J connectivity index is 1.14. The average Bonchev–Trinajstić information content (AvgIpc) is 1.16. The Labute approximate surface area is 483 Å². The second kappa shape index (κ2) is 17.6. The molecule has 0 amide bonds. The summed E-state index contributed by atoms with van der Waals surface area (Å²) < 4.78 is 296. The van der Waals surface area contributed by atoms with Gasteiger partial charge in [0.2, 0.25) is 5.95 Å². The molecular weight excluding hydrogens is 941 g/mol. The Bertz CT molecular complexity index is 6260. The molecule has 7 heteroatoms. The van der Waals surface area contributed by atoms with E-state index in [4.69, 9.17) is 27.8 Å². The maximum Gasteiger partial charge on any atom is 0.238 e. The van der Waals surface area contributed by atoms with Crippen LogP contribution in [0.2, 0.25) is 0 Å².